The van der Waals surface area contributed by atoms with E-state index >= 15 is 9.18 Å². The fourth-order valence-corrected chi connectivity index (χ4v) is 11.7. The summed E-state index contributed by atoms with van der Waals surface area (Å²) in [6, 6.07) is 14.6. The number of nitrogens with one attached hydrogen (secondary N) is 2. The lowest BCUT2D eigenvalue weighted by atomic mass is 9.91. The summed E-state index contributed by atoms with van der Waals surface area (Å²) in [7, 11) is -2.82. The van der Waals surface area contributed by atoms with Crippen molar-refractivity contribution in [3.63, 3.8) is 0 Å². The van der Waals surface area contributed by atoms with Gasteiger partial charge in [0.1, 0.15) is 30.0 Å². The van der Waals surface area contributed by atoms with Crippen LogP contribution in [0.1, 0.15) is 89.3 Å². The molecule has 2 fully saturated rings. The van der Waals surface area contributed by atoms with Crippen molar-refractivity contribution in [3.05, 3.63) is 134 Å². The molecule has 65 heavy (non-hydrogen) atoms. The van der Waals surface area contributed by atoms with E-state index in [0.717, 1.165) is 23.7 Å². The van der Waals surface area contributed by atoms with Crippen molar-refractivity contribution in [3.8, 4) is 17.2 Å². The maximum atomic E-state index is 15.5. The Bertz CT molecular complexity index is 3410. The minimum absolute atomic E-state index is 0.0146. The zero-order chi connectivity index (χ0) is 45.3. The lowest BCUT2D eigenvalue weighted by molar-refractivity contribution is 0.0663. The van der Waals surface area contributed by atoms with Gasteiger partial charge in [-0.15, -0.1) is 0 Å². The molecule has 16 nitrogen and oxygen atoms in total. The van der Waals surface area contributed by atoms with Crippen LogP contribution >= 0.6 is 7.14 Å². The van der Waals surface area contributed by atoms with Crippen molar-refractivity contribution < 1.29 is 23.0 Å². The van der Waals surface area contributed by atoms with Crippen molar-refractivity contribution in [1.29, 1.82) is 0 Å². The third-order valence-electron chi connectivity index (χ3n) is 14.0. The standard InChI is InChI=1S/C47H48FN10O6P/c1-25-17-33(18-26(2)40(25)48)58-42(56-14-13-55(46(56)61)32-21-35-41(50-24-49-35)38(22-32)65(5,6)62)39-28(4)54(12-9-34(39)52-58)43(59)37-20-31-19-30(29-10-15-63-16-11-29)7-8-36(31)57(37)47(23-27(47)3)44-51-45(60)64-53-44/h7-8,13-14,17-22,24,27-29H,9-12,15-16,23H2,1-6H3,(H,49,50)(H,51,53,60)/t27-,28-,47-/m0/s1. The first-order valence-corrected chi connectivity index (χ1v) is 24.6. The summed E-state index contributed by atoms with van der Waals surface area (Å²) in [5, 5.41) is 10.7. The zero-order valence-corrected chi connectivity index (χ0v) is 37.8. The summed E-state index contributed by atoms with van der Waals surface area (Å²) >= 11 is 0. The first kappa shape index (κ1) is 41.1. The Labute approximate surface area is 371 Å². The molecule has 1 saturated carbocycles. The highest BCUT2D eigenvalue weighted by molar-refractivity contribution is 7.70. The van der Waals surface area contributed by atoms with Crippen molar-refractivity contribution in [2.75, 3.05) is 33.1 Å². The molecule has 0 radical (unpaired) electrons. The molecule has 11 rings (SSSR count). The Morgan fingerprint density at radius 2 is 1.71 bits per heavy atom. The SMILES string of the molecule is Cc1cc(-n2nc3c(c2-n2ccn(-c4cc(P(C)(C)=O)c5[nH]cnc5c4)c2=O)[C@H](C)N(C(=O)c2cc4cc(C5CCOCC5)ccc4n2[C@@]2(c4noc(=O)[nH]4)C[C@@H]2C)CC3)cc(C)c1F. The van der Waals surface area contributed by atoms with E-state index in [1.54, 1.807) is 68.5 Å². The van der Waals surface area contributed by atoms with Gasteiger partial charge in [-0.05, 0) is 124 Å². The van der Waals surface area contributed by atoms with Crippen LogP contribution in [0.5, 0.6) is 0 Å². The molecule has 3 aliphatic rings. The number of nitrogens with zero attached hydrogens (tertiary/aromatic N) is 8. The number of halogens is 1. The third-order valence-corrected chi connectivity index (χ3v) is 15.5. The molecule has 5 aromatic heterocycles. The van der Waals surface area contributed by atoms with Gasteiger partial charge in [0, 0.05) is 60.3 Å². The average Bonchev–Trinajstić information content (AvgIpc) is 3.96. The quantitative estimate of drug-likeness (QED) is 0.156. The molecule has 18 heteroatoms. The van der Waals surface area contributed by atoms with Gasteiger partial charge in [0.2, 0.25) is 0 Å². The number of aromatic amines is 2. The molecule has 334 valence electrons. The second-order valence-corrected chi connectivity index (χ2v) is 21.6. The van der Waals surface area contributed by atoms with Crippen molar-refractivity contribution >= 4 is 40.3 Å². The number of aryl methyl sites for hydroxylation is 2. The summed E-state index contributed by atoms with van der Waals surface area (Å²) in [6.07, 6.45) is 7.65. The van der Waals surface area contributed by atoms with Gasteiger partial charge < -0.3 is 23.8 Å². The largest absolute Gasteiger partial charge is 0.438 e. The number of carbonyl (C=O) groups is 1. The van der Waals surface area contributed by atoms with E-state index in [9.17, 15) is 14.2 Å². The van der Waals surface area contributed by atoms with Gasteiger partial charge in [-0.2, -0.15) is 5.10 Å². The number of hydrogen-bond donors (Lipinski definition) is 2. The van der Waals surface area contributed by atoms with Gasteiger partial charge in [0.05, 0.1) is 40.5 Å². The van der Waals surface area contributed by atoms with Crippen LogP contribution in [0.3, 0.4) is 0 Å². The summed E-state index contributed by atoms with van der Waals surface area (Å²) in [5.74, 6) is -0.125. The number of hydrogen-bond acceptors (Lipinski definition) is 9. The number of aromatic nitrogens is 9. The van der Waals surface area contributed by atoms with E-state index in [0.29, 0.717) is 106 Å². The Hall–Kier alpha value is -6.58. The molecule has 0 bridgehead atoms. The lowest BCUT2D eigenvalue weighted by Crippen LogP contribution is -2.41. The monoisotopic (exact) mass is 898 g/mol. The van der Waals surface area contributed by atoms with Crippen LogP contribution in [0.4, 0.5) is 4.39 Å². The van der Waals surface area contributed by atoms with Crippen LogP contribution in [0.25, 0.3) is 39.1 Å². The van der Waals surface area contributed by atoms with E-state index in [4.69, 9.17) is 14.4 Å². The summed E-state index contributed by atoms with van der Waals surface area (Å²) < 4.78 is 46.1. The summed E-state index contributed by atoms with van der Waals surface area (Å²) in [6.45, 7) is 12.5. The molecule has 3 atom stereocenters. The van der Waals surface area contributed by atoms with E-state index in [-0.39, 0.29) is 17.6 Å². The maximum absolute atomic E-state index is 15.5. The minimum atomic E-state index is -2.82. The highest BCUT2D eigenvalue weighted by Crippen LogP contribution is 2.56. The first-order chi connectivity index (χ1) is 31.1. The van der Waals surface area contributed by atoms with Crippen LogP contribution in [0.2, 0.25) is 0 Å². The third kappa shape index (κ3) is 6.37. The number of H-pyrrole nitrogens is 2. The number of imidazole rings is 2. The van der Waals surface area contributed by atoms with E-state index in [1.807, 2.05) is 22.5 Å². The number of rotatable bonds is 8. The van der Waals surface area contributed by atoms with Crippen LogP contribution in [-0.2, 0) is 21.3 Å². The number of benzene rings is 3. The molecule has 1 amide bonds. The Morgan fingerprint density at radius 3 is 2.40 bits per heavy atom. The number of ether oxygens (including phenoxy) is 1. The summed E-state index contributed by atoms with van der Waals surface area (Å²) in [4.78, 5) is 55.0. The Balaban J connectivity index is 1.07. The second-order valence-electron chi connectivity index (χ2n) is 18.4. The average molecular weight is 899 g/mol. The smallest absolute Gasteiger partial charge is 0.381 e. The molecule has 0 spiro atoms. The molecule has 7 heterocycles. The highest BCUT2D eigenvalue weighted by atomic mass is 31.2. The number of amides is 1. The predicted molar refractivity (Wildman–Crippen MR) is 243 cm³/mol. The molecule has 0 unspecified atom stereocenters. The molecule has 3 aromatic carbocycles. The van der Waals surface area contributed by atoms with E-state index in [2.05, 4.69) is 45.2 Å². The molecule has 1 saturated heterocycles. The Morgan fingerprint density at radius 1 is 0.969 bits per heavy atom. The number of carbonyl (C=O) groups excluding carboxylic acids is 1. The van der Waals surface area contributed by atoms with Crippen molar-refractivity contribution in [2.45, 2.75) is 70.9 Å². The molecular weight excluding hydrogens is 851 g/mol. The van der Waals surface area contributed by atoms with Gasteiger partial charge in [-0.25, -0.2) is 23.6 Å². The van der Waals surface area contributed by atoms with E-state index in [1.165, 1.54) is 21.0 Å². The molecule has 8 aromatic rings. The molecule has 2 N–H and O–H groups in total. The van der Waals surface area contributed by atoms with Crippen molar-refractivity contribution in [2.24, 2.45) is 5.92 Å². The molecular formula is C47H48FN10O6P. The van der Waals surface area contributed by atoms with Gasteiger partial charge in [0.15, 0.2) is 5.82 Å². The van der Waals surface area contributed by atoms with Crippen LogP contribution < -0.4 is 16.8 Å². The van der Waals surface area contributed by atoms with Crippen LogP contribution in [0, 0.1) is 25.6 Å². The van der Waals surface area contributed by atoms with Crippen LogP contribution in [-0.4, -0.2) is 87.5 Å². The molecule has 2 aliphatic heterocycles. The van der Waals surface area contributed by atoms with Gasteiger partial charge >= 0.3 is 11.4 Å². The predicted octanol–water partition coefficient (Wildman–Crippen LogP) is 6.76. The minimum Gasteiger partial charge on any atom is -0.381 e. The van der Waals surface area contributed by atoms with Crippen LogP contribution in [0.15, 0.2) is 81.4 Å². The normalized spacial score (nSPS) is 20.3. The topological polar surface area (TPSA) is 184 Å². The lowest BCUT2D eigenvalue weighted by Gasteiger charge is -2.34. The van der Waals surface area contributed by atoms with Gasteiger partial charge in [-0.1, -0.05) is 18.1 Å². The fraction of sp³-hybridized carbons (Fsp3) is 0.362. The molecule has 1 aliphatic carbocycles. The number of fused-ring (bicyclic) bond motifs is 3. The zero-order valence-electron chi connectivity index (χ0n) is 36.9. The summed E-state index contributed by atoms with van der Waals surface area (Å²) in [5.41, 5.74) is 5.64. The van der Waals surface area contributed by atoms with Crippen molar-refractivity contribution in [1.82, 2.24) is 48.5 Å². The Kier molecular flexibility index (Phi) is 9.32. The highest BCUT2D eigenvalue weighted by Gasteiger charge is 2.59. The second kappa shape index (κ2) is 14.7. The van der Waals surface area contributed by atoms with Gasteiger partial charge in [0.25, 0.3) is 5.91 Å². The maximum Gasteiger partial charge on any atom is 0.438 e. The fourth-order valence-electron chi connectivity index (χ4n) is 10.5. The first-order valence-electron chi connectivity index (χ1n) is 22.0. The van der Waals surface area contributed by atoms with E-state index < -0.39 is 30.2 Å². The van der Waals surface area contributed by atoms with Gasteiger partial charge in [-0.3, -0.25) is 23.4 Å².